The van der Waals surface area contributed by atoms with Crippen molar-refractivity contribution in [2.45, 2.75) is 25.9 Å². The van der Waals surface area contributed by atoms with Gasteiger partial charge in [-0.05, 0) is 37.1 Å². The van der Waals surface area contributed by atoms with Crippen molar-refractivity contribution in [3.05, 3.63) is 53.6 Å². The molecule has 90 valence electrons. The minimum Gasteiger partial charge on any atom is -0.326 e. The molecule has 0 spiro atoms. The van der Waals surface area contributed by atoms with E-state index in [0.717, 1.165) is 11.1 Å². The first-order valence-electron chi connectivity index (χ1n) is 5.59. The number of nitrogens with two attached hydrogens (primary N) is 1. The first-order valence-corrected chi connectivity index (χ1v) is 5.59. The lowest BCUT2D eigenvalue weighted by Crippen LogP contribution is -2.30. The molecule has 0 aliphatic heterocycles. The molecule has 0 radical (unpaired) electrons. The van der Waals surface area contributed by atoms with Gasteiger partial charge in [0.05, 0.1) is 12.2 Å². The SMILES string of the molecule is Cc1cnn(C(c2cccc(F)c2)C(C)N)c1. The quantitative estimate of drug-likeness (QED) is 0.883. The Kier molecular flexibility index (Phi) is 3.24. The molecule has 2 atom stereocenters. The number of nitrogens with zero attached hydrogens (tertiary/aromatic N) is 2. The summed E-state index contributed by atoms with van der Waals surface area (Å²) in [4.78, 5) is 0. The summed E-state index contributed by atoms with van der Waals surface area (Å²) in [6.07, 6.45) is 3.69. The summed E-state index contributed by atoms with van der Waals surface area (Å²) in [5, 5.41) is 4.26. The van der Waals surface area contributed by atoms with Crippen molar-refractivity contribution in [2.24, 2.45) is 5.73 Å². The molecule has 0 fully saturated rings. The fourth-order valence-corrected chi connectivity index (χ4v) is 1.97. The number of rotatable bonds is 3. The molecule has 2 aromatic rings. The van der Waals surface area contributed by atoms with Crippen molar-refractivity contribution in [3.8, 4) is 0 Å². The van der Waals surface area contributed by atoms with E-state index < -0.39 is 0 Å². The minimum absolute atomic E-state index is 0.139. The van der Waals surface area contributed by atoms with Gasteiger partial charge in [-0.3, -0.25) is 4.68 Å². The zero-order chi connectivity index (χ0) is 12.4. The average molecular weight is 233 g/mol. The van der Waals surface area contributed by atoms with Gasteiger partial charge in [-0.25, -0.2) is 4.39 Å². The molecule has 1 aromatic heterocycles. The fourth-order valence-electron chi connectivity index (χ4n) is 1.97. The number of halogens is 1. The second-order valence-corrected chi connectivity index (χ2v) is 4.36. The van der Waals surface area contributed by atoms with Crippen LogP contribution in [0.4, 0.5) is 4.39 Å². The largest absolute Gasteiger partial charge is 0.326 e. The zero-order valence-electron chi connectivity index (χ0n) is 9.97. The molecule has 0 aliphatic carbocycles. The summed E-state index contributed by atoms with van der Waals surface area (Å²) in [5.74, 6) is -0.253. The number of hydrogen-bond donors (Lipinski definition) is 1. The molecule has 4 heteroatoms. The van der Waals surface area contributed by atoms with E-state index in [2.05, 4.69) is 5.10 Å². The van der Waals surface area contributed by atoms with Crippen LogP contribution in [0.15, 0.2) is 36.7 Å². The number of aromatic nitrogens is 2. The molecule has 1 aromatic carbocycles. The monoisotopic (exact) mass is 233 g/mol. The molecular formula is C13H16FN3. The van der Waals surface area contributed by atoms with Gasteiger partial charge in [-0.15, -0.1) is 0 Å². The predicted molar refractivity (Wildman–Crippen MR) is 65.2 cm³/mol. The van der Waals surface area contributed by atoms with Crippen molar-refractivity contribution < 1.29 is 4.39 Å². The first kappa shape index (κ1) is 11.8. The Hall–Kier alpha value is -1.68. The standard InChI is InChI=1S/C13H16FN3/c1-9-7-16-17(8-9)13(10(2)15)11-4-3-5-12(14)6-11/h3-8,10,13H,15H2,1-2H3. The lowest BCUT2D eigenvalue weighted by molar-refractivity contribution is 0.451. The van der Waals surface area contributed by atoms with Gasteiger partial charge in [0.15, 0.2) is 0 Å². The topological polar surface area (TPSA) is 43.8 Å². The summed E-state index contributed by atoms with van der Waals surface area (Å²) in [5.41, 5.74) is 7.88. The molecule has 0 aliphatic rings. The first-order chi connectivity index (χ1) is 8.08. The summed E-state index contributed by atoms with van der Waals surface area (Å²) in [6.45, 7) is 3.86. The highest BCUT2D eigenvalue weighted by Gasteiger charge is 2.19. The molecule has 1 heterocycles. The van der Waals surface area contributed by atoms with E-state index in [1.54, 1.807) is 16.9 Å². The van der Waals surface area contributed by atoms with Crippen LogP contribution in [0.2, 0.25) is 0 Å². The summed E-state index contributed by atoms with van der Waals surface area (Å²) in [6, 6.07) is 6.21. The molecule has 0 saturated carbocycles. The average Bonchev–Trinajstić information content (AvgIpc) is 2.64. The highest BCUT2D eigenvalue weighted by Crippen LogP contribution is 2.21. The van der Waals surface area contributed by atoms with E-state index in [-0.39, 0.29) is 17.9 Å². The third kappa shape index (κ3) is 2.53. The summed E-state index contributed by atoms with van der Waals surface area (Å²) in [7, 11) is 0. The van der Waals surface area contributed by atoms with Gasteiger partial charge >= 0.3 is 0 Å². The summed E-state index contributed by atoms with van der Waals surface area (Å²) >= 11 is 0. The molecule has 2 N–H and O–H groups in total. The molecule has 17 heavy (non-hydrogen) atoms. The van der Waals surface area contributed by atoms with E-state index in [1.165, 1.54) is 12.1 Å². The molecule has 2 unspecified atom stereocenters. The molecule has 3 nitrogen and oxygen atoms in total. The number of aryl methyl sites for hydroxylation is 1. The molecule has 0 bridgehead atoms. The lowest BCUT2D eigenvalue weighted by atomic mass is 10.0. The highest BCUT2D eigenvalue weighted by molar-refractivity contribution is 5.22. The van der Waals surface area contributed by atoms with Crippen LogP contribution in [0.25, 0.3) is 0 Å². The van der Waals surface area contributed by atoms with E-state index in [4.69, 9.17) is 5.73 Å². The fraction of sp³-hybridized carbons (Fsp3) is 0.308. The normalized spacial score (nSPS) is 14.6. The lowest BCUT2D eigenvalue weighted by Gasteiger charge is -2.21. The predicted octanol–water partition coefficient (Wildman–Crippen LogP) is 2.27. The second kappa shape index (κ2) is 4.67. The minimum atomic E-state index is -0.253. The molecular weight excluding hydrogens is 217 g/mol. The van der Waals surface area contributed by atoms with Crippen LogP contribution < -0.4 is 5.73 Å². The van der Waals surface area contributed by atoms with Gasteiger partial charge in [-0.2, -0.15) is 5.10 Å². The Bertz CT molecular complexity index is 505. The smallest absolute Gasteiger partial charge is 0.123 e. The Balaban J connectivity index is 2.42. The van der Waals surface area contributed by atoms with Gasteiger partial charge in [0.25, 0.3) is 0 Å². The number of hydrogen-bond acceptors (Lipinski definition) is 2. The van der Waals surface area contributed by atoms with Crippen molar-refractivity contribution in [1.29, 1.82) is 0 Å². The van der Waals surface area contributed by atoms with Gasteiger partial charge < -0.3 is 5.73 Å². The van der Waals surface area contributed by atoms with Crippen LogP contribution in [0.3, 0.4) is 0 Å². The molecule has 0 amide bonds. The van der Waals surface area contributed by atoms with Crippen LogP contribution in [0.1, 0.15) is 24.1 Å². The van der Waals surface area contributed by atoms with Gasteiger partial charge in [0.2, 0.25) is 0 Å². The van der Waals surface area contributed by atoms with E-state index >= 15 is 0 Å². The van der Waals surface area contributed by atoms with Crippen LogP contribution in [0, 0.1) is 12.7 Å². The van der Waals surface area contributed by atoms with Crippen LogP contribution in [0.5, 0.6) is 0 Å². The summed E-state index contributed by atoms with van der Waals surface area (Å²) < 4.78 is 15.0. The Labute approximate surface area is 100 Å². The van der Waals surface area contributed by atoms with Crippen LogP contribution in [-0.2, 0) is 0 Å². The second-order valence-electron chi connectivity index (χ2n) is 4.36. The maximum Gasteiger partial charge on any atom is 0.123 e. The van der Waals surface area contributed by atoms with E-state index in [9.17, 15) is 4.39 Å². The van der Waals surface area contributed by atoms with Crippen molar-refractivity contribution in [3.63, 3.8) is 0 Å². The highest BCUT2D eigenvalue weighted by atomic mass is 19.1. The van der Waals surface area contributed by atoms with Crippen molar-refractivity contribution >= 4 is 0 Å². The van der Waals surface area contributed by atoms with Crippen LogP contribution in [-0.4, -0.2) is 15.8 Å². The maximum atomic E-state index is 13.2. The Morgan fingerprint density at radius 2 is 2.18 bits per heavy atom. The van der Waals surface area contributed by atoms with E-state index in [1.807, 2.05) is 26.1 Å². The third-order valence-electron chi connectivity index (χ3n) is 2.70. The Morgan fingerprint density at radius 3 is 2.71 bits per heavy atom. The van der Waals surface area contributed by atoms with Crippen molar-refractivity contribution in [1.82, 2.24) is 9.78 Å². The molecule has 2 rings (SSSR count). The third-order valence-corrected chi connectivity index (χ3v) is 2.70. The maximum absolute atomic E-state index is 13.2. The van der Waals surface area contributed by atoms with Crippen LogP contribution >= 0.6 is 0 Å². The van der Waals surface area contributed by atoms with Gasteiger partial charge in [0, 0.05) is 12.2 Å². The number of benzene rings is 1. The molecule has 0 saturated heterocycles. The van der Waals surface area contributed by atoms with E-state index in [0.29, 0.717) is 0 Å². The van der Waals surface area contributed by atoms with Gasteiger partial charge in [0.1, 0.15) is 5.82 Å². The zero-order valence-corrected chi connectivity index (χ0v) is 9.97. The van der Waals surface area contributed by atoms with Crippen molar-refractivity contribution in [2.75, 3.05) is 0 Å². The van der Waals surface area contributed by atoms with Gasteiger partial charge in [-0.1, -0.05) is 12.1 Å². The Morgan fingerprint density at radius 1 is 1.41 bits per heavy atom.